The molecule has 0 aliphatic carbocycles. The Labute approximate surface area is 143 Å². The third-order valence-electron chi connectivity index (χ3n) is 3.84. The van der Waals surface area contributed by atoms with Crippen LogP contribution in [0.1, 0.15) is 18.2 Å². The fourth-order valence-electron chi connectivity index (χ4n) is 2.46. The monoisotopic (exact) mass is 324 g/mol. The third kappa shape index (κ3) is 5.23. The summed E-state index contributed by atoms with van der Waals surface area (Å²) in [5.74, 6) is 0.861. The molecule has 1 heterocycles. The Kier molecular flexibility index (Phi) is 6.55. The van der Waals surface area contributed by atoms with Gasteiger partial charge in [-0.15, -0.1) is 0 Å². The normalized spacial score (nSPS) is 11.2. The number of methoxy groups -OCH3 is 1. The molecule has 0 saturated heterocycles. The first-order valence-corrected chi connectivity index (χ1v) is 8.04. The smallest absolute Gasteiger partial charge is 0.246 e. The number of nitrogens with zero attached hydrogens (tertiary/aromatic N) is 2. The average molecular weight is 324 g/mol. The highest BCUT2D eigenvalue weighted by atomic mass is 16.5. The zero-order valence-electron chi connectivity index (χ0n) is 14.5. The van der Waals surface area contributed by atoms with Crippen LogP contribution in [0.15, 0.2) is 60.3 Å². The predicted molar refractivity (Wildman–Crippen MR) is 96.0 cm³/mol. The number of hydrogen-bond donors (Lipinski definition) is 0. The van der Waals surface area contributed by atoms with Gasteiger partial charge in [0.2, 0.25) is 5.91 Å². The highest BCUT2D eigenvalue weighted by Gasteiger charge is 2.08. The quantitative estimate of drug-likeness (QED) is 0.734. The second-order valence-electron chi connectivity index (χ2n) is 5.81. The Morgan fingerprint density at radius 1 is 1.21 bits per heavy atom. The molecule has 0 fully saturated rings. The van der Waals surface area contributed by atoms with Crippen LogP contribution in [-0.4, -0.2) is 36.5 Å². The summed E-state index contributed by atoms with van der Waals surface area (Å²) in [6.07, 6.45) is 4.92. The molecule has 4 heteroatoms. The third-order valence-corrected chi connectivity index (χ3v) is 3.84. The van der Waals surface area contributed by atoms with Gasteiger partial charge >= 0.3 is 0 Å². The number of benzene rings is 1. The molecule has 1 aromatic carbocycles. The van der Waals surface area contributed by atoms with Crippen LogP contribution >= 0.6 is 0 Å². The summed E-state index contributed by atoms with van der Waals surface area (Å²) in [7, 11) is 3.48. The van der Waals surface area contributed by atoms with E-state index in [9.17, 15) is 4.79 Å². The second-order valence-corrected chi connectivity index (χ2v) is 5.81. The van der Waals surface area contributed by atoms with Crippen molar-refractivity contribution in [2.45, 2.75) is 19.8 Å². The minimum absolute atomic E-state index is 0.0123. The van der Waals surface area contributed by atoms with Crippen molar-refractivity contribution in [2.24, 2.45) is 0 Å². The number of aromatic nitrogens is 1. The van der Waals surface area contributed by atoms with Crippen LogP contribution in [0.2, 0.25) is 0 Å². The summed E-state index contributed by atoms with van der Waals surface area (Å²) < 4.78 is 5.36. The SMILES string of the molecule is COc1ccccc1C/C(C)=C\C(=O)N(C)CCc1ccccn1. The number of likely N-dealkylation sites (N-methyl/N-ethyl adjacent to an activating group) is 1. The van der Waals surface area contributed by atoms with Crippen LogP contribution in [0, 0.1) is 0 Å². The lowest BCUT2D eigenvalue weighted by Crippen LogP contribution is -2.27. The fourth-order valence-corrected chi connectivity index (χ4v) is 2.46. The maximum Gasteiger partial charge on any atom is 0.246 e. The Morgan fingerprint density at radius 3 is 2.67 bits per heavy atom. The van der Waals surface area contributed by atoms with Gasteiger partial charge in [0.1, 0.15) is 5.75 Å². The van der Waals surface area contributed by atoms with Gasteiger partial charge in [0.25, 0.3) is 0 Å². The fraction of sp³-hybridized carbons (Fsp3) is 0.300. The van der Waals surface area contributed by atoms with Gasteiger partial charge in [-0.2, -0.15) is 0 Å². The molecule has 24 heavy (non-hydrogen) atoms. The van der Waals surface area contributed by atoms with Gasteiger partial charge < -0.3 is 9.64 Å². The van der Waals surface area contributed by atoms with E-state index in [-0.39, 0.29) is 5.91 Å². The zero-order valence-corrected chi connectivity index (χ0v) is 14.5. The number of amides is 1. The van der Waals surface area contributed by atoms with E-state index in [0.717, 1.165) is 29.0 Å². The van der Waals surface area contributed by atoms with Gasteiger partial charge in [0.15, 0.2) is 0 Å². The number of hydrogen-bond acceptors (Lipinski definition) is 3. The molecular formula is C20H24N2O2. The summed E-state index contributed by atoms with van der Waals surface area (Å²) in [6, 6.07) is 13.7. The van der Waals surface area contributed by atoms with E-state index in [4.69, 9.17) is 4.74 Å². The predicted octanol–water partition coefficient (Wildman–Crippen LogP) is 3.28. The van der Waals surface area contributed by atoms with Crippen LogP contribution in [0.25, 0.3) is 0 Å². The summed E-state index contributed by atoms with van der Waals surface area (Å²) in [4.78, 5) is 18.3. The van der Waals surface area contributed by atoms with Crippen molar-refractivity contribution >= 4 is 5.91 Å². The molecule has 126 valence electrons. The van der Waals surface area contributed by atoms with Crippen molar-refractivity contribution in [1.29, 1.82) is 0 Å². The lowest BCUT2D eigenvalue weighted by atomic mass is 10.0. The number of allylic oxidation sites excluding steroid dienone is 1. The Morgan fingerprint density at radius 2 is 1.96 bits per heavy atom. The van der Waals surface area contributed by atoms with E-state index >= 15 is 0 Å². The van der Waals surface area contributed by atoms with Crippen molar-refractivity contribution in [3.8, 4) is 5.75 Å². The minimum atomic E-state index is 0.0123. The molecule has 0 aliphatic rings. The average Bonchev–Trinajstić information content (AvgIpc) is 2.60. The standard InChI is InChI=1S/C20H24N2O2/c1-16(14-17-8-4-5-10-19(17)24-3)15-20(23)22(2)13-11-18-9-6-7-12-21-18/h4-10,12,15H,11,13-14H2,1-3H3/b16-15-. The highest BCUT2D eigenvalue weighted by molar-refractivity contribution is 5.88. The maximum absolute atomic E-state index is 12.3. The molecule has 0 N–H and O–H groups in total. The number of pyridine rings is 1. The van der Waals surface area contributed by atoms with E-state index in [1.165, 1.54) is 0 Å². The zero-order chi connectivity index (χ0) is 17.4. The molecule has 1 aromatic heterocycles. The van der Waals surface area contributed by atoms with E-state index in [0.29, 0.717) is 13.0 Å². The van der Waals surface area contributed by atoms with Gasteiger partial charge in [-0.1, -0.05) is 29.8 Å². The number of para-hydroxylation sites is 1. The number of carbonyl (C=O) groups excluding carboxylic acids is 1. The molecule has 0 unspecified atom stereocenters. The Hall–Kier alpha value is -2.62. The molecular weight excluding hydrogens is 300 g/mol. The summed E-state index contributed by atoms with van der Waals surface area (Å²) in [5.41, 5.74) is 3.08. The van der Waals surface area contributed by atoms with Crippen molar-refractivity contribution in [2.75, 3.05) is 20.7 Å². The molecule has 0 spiro atoms. The van der Waals surface area contributed by atoms with Crippen molar-refractivity contribution in [3.05, 3.63) is 71.6 Å². The van der Waals surface area contributed by atoms with E-state index < -0.39 is 0 Å². The number of ether oxygens (including phenoxy) is 1. The summed E-state index contributed by atoms with van der Waals surface area (Å²) >= 11 is 0. The molecule has 0 bridgehead atoms. The van der Waals surface area contributed by atoms with Crippen molar-refractivity contribution in [3.63, 3.8) is 0 Å². The molecule has 4 nitrogen and oxygen atoms in total. The largest absolute Gasteiger partial charge is 0.496 e. The lowest BCUT2D eigenvalue weighted by Gasteiger charge is -2.15. The first-order chi connectivity index (χ1) is 11.6. The molecule has 0 atom stereocenters. The Balaban J connectivity index is 1.92. The second kappa shape index (κ2) is 8.87. The van der Waals surface area contributed by atoms with Gasteiger partial charge in [-0.05, 0) is 37.1 Å². The summed E-state index contributed by atoms with van der Waals surface area (Å²) in [6.45, 7) is 2.62. The van der Waals surface area contributed by atoms with Gasteiger partial charge in [-0.25, -0.2) is 0 Å². The molecule has 0 radical (unpaired) electrons. The topological polar surface area (TPSA) is 42.4 Å². The van der Waals surface area contributed by atoms with Gasteiger partial charge in [-0.3, -0.25) is 9.78 Å². The van der Waals surface area contributed by atoms with Crippen LogP contribution in [-0.2, 0) is 17.6 Å². The van der Waals surface area contributed by atoms with E-state index in [1.54, 1.807) is 24.3 Å². The van der Waals surface area contributed by atoms with Crippen LogP contribution < -0.4 is 4.74 Å². The first kappa shape index (κ1) is 17.7. The van der Waals surface area contributed by atoms with Crippen molar-refractivity contribution in [1.82, 2.24) is 9.88 Å². The van der Waals surface area contributed by atoms with Gasteiger partial charge in [0, 0.05) is 38.0 Å². The molecule has 2 aromatic rings. The highest BCUT2D eigenvalue weighted by Crippen LogP contribution is 2.20. The van der Waals surface area contributed by atoms with E-state index in [1.807, 2.05) is 56.4 Å². The molecule has 1 amide bonds. The van der Waals surface area contributed by atoms with Crippen LogP contribution in [0.5, 0.6) is 5.75 Å². The van der Waals surface area contributed by atoms with Crippen molar-refractivity contribution < 1.29 is 9.53 Å². The lowest BCUT2D eigenvalue weighted by molar-refractivity contribution is -0.124. The van der Waals surface area contributed by atoms with Crippen LogP contribution in [0.3, 0.4) is 0 Å². The number of carbonyl (C=O) groups is 1. The minimum Gasteiger partial charge on any atom is -0.496 e. The molecule has 0 aliphatic heterocycles. The van der Waals surface area contributed by atoms with Crippen LogP contribution in [0.4, 0.5) is 0 Å². The van der Waals surface area contributed by atoms with E-state index in [2.05, 4.69) is 4.98 Å². The molecule has 0 saturated carbocycles. The molecule has 2 rings (SSSR count). The Bertz CT molecular complexity index is 696. The maximum atomic E-state index is 12.3. The number of rotatable bonds is 7. The summed E-state index contributed by atoms with van der Waals surface area (Å²) in [5, 5.41) is 0. The van der Waals surface area contributed by atoms with Gasteiger partial charge in [0.05, 0.1) is 7.11 Å². The first-order valence-electron chi connectivity index (χ1n) is 8.04.